The van der Waals surface area contributed by atoms with Gasteiger partial charge in [-0.25, -0.2) is 4.79 Å². The summed E-state index contributed by atoms with van der Waals surface area (Å²) in [5, 5.41) is 0.633. The molecule has 0 radical (unpaired) electrons. The van der Waals surface area contributed by atoms with Crippen LogP contribution in [-0.2, 0) is 6.61 Å². The molecule has 0 N–H and O–H groups in total. The van der Waals surface area contributed by atoms with Crippen LogP contribution in [0.1, 0.15) is 26.5 Å². The molecule has 0 bridgehead atoms. The molecule has 0 aliphatic carbocycles. The molecule has 6 nitrogen and oxygen atoms in total. The van der Waals surface area contributed by atoms with E-state index in [1.807, 2.05) is 0 Å². The van der Waals surface area contributed by atoms with Crippen molar-refractivity contribution in [2.75, 3.05) is 13.7 Å². The first-order valence-corrected chi connectivity index (χ1v) is 9.91. The number of rotatable bonds is 7. The van der Waals surface area contributed by atoms with E-state index in [0.29, 0.717) is 40.3 Å². The van der Waals surface area contributed by atoms with Crippen LogP contribution in [0.3, 0.4) is 0 Å². The van der Waals surface area contributed by atoms with Gasteiger partial charge in [-0.05, 0) is 47.9 Å². The third-order valence-electron chi connectivity index (χ3n) is 4.15. The maximum absolute atomic E-state index is 12.5. The molecular weight excluding hydrogens is 404 g/mol. The third kappa shape index (κ3) is 5.76. The predicted molar refractivity (Wildman–Crippen MR) is 117 cm³/mol. The molecule has 0 unspecified atom stereocenters. The summed E-state index contributed by atoms with van der Waals surface area (Å²) in [5.74, 6) is 1.84. The standard InChI is InChI=1S/C23H25ClN2O4/c1-23(2,3)15-30-20-10-7-18(13-21(20)28-4)26-12-11-17(25-22(26)27)14-29-19-8-5-16(24)6-9-19/h5-13H,14-15H2,1-4H3. The summed E-state index contributed by atoms with van der Waals surface area (Å²) >= 11 is 5.87. The molecule has 0 saturated heterocycles. The van der Waals surface area contributed by atoms with Gasteiger partial charge >= 0.3 is 5.69 Å². The monoisotopic (exact) mass is 428 g/mol. The Morgan fingerprint density at radius 1 is 1.00 bits per heavy atom. The van der Waals surface area contributed by atoms with E-state index < -0.39 is 5.69 Å². The van der Waals surface area contributed by atoms with E-state index in [0.717, 1.165) is 0 Å². The van der Waals surface area contributed by atoms with Crippen LogP contribution in [0.25, 0.3) is 5.69 Å². The van der Waals surface area contributed by atoms with Gasteiger partial charge < -0.3 is 14.2 Å². The van der Waals surface area contributed by atoms with Gasteiger partial charge in [0.25, 0.3) is 0 Å². The number of hydrogen-bond donors (Lipinski definition) is 0. The zero-order valence-corrected chi connectivity index (χ0v) is 18.3. The van der Waals surface area contributed by atoms with Crippen molar-refractivity contribution in [2.45, 2.75) is 27.4 Å². The second-order valence-corrected chi connectivity index (χ2v) is 8.43. The van der Waals surface area contributed by atoms with Crippen LogP contribution in [-0.4, -0.2) is 23.3 Å². The van der Waals surface area contributed by atoms with E-state index in [1.165, 1.54) is 4.57 Å². The van der Waals surface area contributed by atoms with Crippen LogP contribution in [0.2, 0.25) is 5.02 Å². The summed E-state index contributed by atoms with van der Waals surface area (Å²) in [6.45, 7) is 7.01. The predicted octanol–water partition coefficient (Wildman–Crippen LogP) is 4.90. The molecule has 158 valence electrons. The number of ether oxygens (including phenoxy) is 3. The van der Waals surface area contributed by atoms with Crippen molar-refractivity contribution in [3.63, 3.8) is 0 Å². The average molecular weight is 429 g/mol. The summed E-state index contributed by atoms with van der Waals surface area (Å²) in [4.78, 5) is 16.7. The molecule has 1 heterocycles. The zero-order chi connectivity index (χ0) is 21.7. The summed E-state index contributed by atoms with van der Waals surface area (Å²) in [6, 6.07) is 14.1. The normalized spacial score (nSPS) is 11.2. The van der Waals surface area contributed by atoms with Crippen LogP contribution in [0.5, 0.6) is 17.2 Å². The molecule has 0 saturated carbocycles. The largest absolute Gasteiger partial charge is 0.493 e. The minimum absolute atomic E-state index is 0.0223. The van der Waals surface area contributed by atoms with Crippen LogP contribution < -0.4 is 19.9 Å². The first kappa shape index (κ1) is 21.7. The van der Waals surface area contributed by atoms with Gasteiger partial charge in [-0.2, -0.15) is 4.98 Å². The minimum atomic E-state index is -0.405. The van der Waals surface area contributed by atoms with Crippen molar-refractivity contribution in [2.24, 2.45) is 5.41 Å². The van der Waals surface area contributed by atoms with Crippen molar-refractivity contribution in [3.05, 3.63) is 75.9 Å². The van der Waals surface area contributed by atoms with Crippen molar-refractivity contribution >= 4 is 11.6 Å². The van der Waals surface area contributed by atoms with E-state index in [2.05, 4.69) is 25.8 Å². The molecule has 3 rings (SSSR count). The van der Waals surface area contributed by atoms with E-state index in [1.54, 1.807) is 61.8 Å². The van der Waals surface area contributed by atoms with Gasteiger partial charge in [0.2, 0.25) is 0 Å². The molecule has 0 aliphatic heterocycles. The second-order valence-electron chi connectivity index (χ2n) is 8.00. The fourth-order valence-electron chi connectivity index (χ4n) is 2.62. The Morgan fingerprint density at radius 2 is 1.73 bits per heavy atom. The molecule has 3 aromatic rings. The lowest BCUT2D eigenvalue weighted by Gasteiger charge is -2.20. The molecule has 0 aliphatic rings. The molecule has 0 atom stereocenters. The SMILES string of the molecule is COc1cc(-n2ccc(COc3ccc(Cl)cc3)nc2=O)ccc1OCC(C)(C)C. The van der Waals surface area contributed by atoms with Crippen molar-refractivity contribution in [1.82, 2.24) is 9.55 Å². The topological polar surface area (TPSA) is 62.6 Å². The molecule has 0 fully saturated rings. The molecular formula is C23H25ClN2O4. The highest BCUT2D eigenvalue weighted by Gasteiger charge is 2.14. The lowest BCUT2D eigenvalue weighted by Crippen LogP contribution is -2.22. The van der Waals surface area contributed by atoms with Gasteiger partial charge in [0.05, 0.1) is 25.1 Å². The first-order chi connectivity index (χ1) is 14.2. The Bertz CT molecular complexity index is 1060. The molecule has 7 heteroatoms. The quantitative estimate of drug-likeness (QED) is 0.535. The number of benzene rings is 2. The Balaban J connectivity index is 1.75. The maximum Gasteiger partial charge on any atom is 0.352 e. The highest BCUT2D eigenvalue weighted by atomic mass is 35.5. The van der Waals surface area contributed by atoms with E-state index in [9.17, 15) is 4.79 Å². The van der Waals surface area contributed by atoms with Crippen LogP contribution in [0.4, 0.5) is 0 Å². The summed E-state index contributed by atoms with van der Waals surface area (Å²) < 4.78 is 18.4. The van der Waals surface area contributed by atoms with Gasteiger partial charge in [-0.15, -0.1) is 0 Å². The van der Waals surface area contributed by atoms with Crippen molar-refractivity contribution in [3.8, 4) is 22.9 Å². The Hall–Kier alpha value is -2.99. The Morgan fingerprint density at radius 3 is 2.37 bits per heavy atom. The molecule has 1 aromatic heterocycles. The van der Waals surface area contributed by atoms with Gasteiger partial charge in [-0.3, -0.25) is 4.57 Å². The summed E-state index contributed by atoms with van der Waals surface area (Å²) in [7, 11) is 1.57. The number of nitrogens with zero attached hydrogens (tertiary/aromatic N) is 2. The fraction of sp³-hybridized carbons (Fsp3) is 0.304. The first-order valence-electron chi connectivity index (χ1n) is 9.53. The number of hydrogen-bond acceptors (Lipinski definition) is 5. The van der Waals surface area contributed by atoms with Gasteiger partial charge in [0.1, 0.15) is 12.4 Å². The van der Waals surface area contributed by atoms with Crippen LogP contribution in [0, 0.1) is 5.41 Å². The second kappa shape index (κ2) is 9.22. The van der Waals surface area contributed by atoms with Crippen LogP contribution >= 0.6 is 11.6 Å². The molecule has 0 amide bonds. The Kier molecular flexibility index (Phi) is 6.67. The average Bonchev–Trinajstić information content (AvgIpc) is 2.71. The van der Waals surface area contributed by atoms with E-state index in [-0.39, 0.29) is 12.0 Å². The molecule has 2 aromatic carbocycles. The molecule has 0 spiro atoms. The van der Waals surface area contributed by atoms with Crippen molar-refractivity contribution < 1.29 is 14.2 Å². The van der Waals surface area contributed by atoms with Crippen molar-refractivity contribution in [1.29, 1.82) is 0 Å². The van der Waals surface area contributed by atoms with E-state index >= 15 is 0 Å². The fourth-order valence-corrected chi connectivity index (χ4v) is 2.75. The van der Waals surface area contributed by atoms with Gasteiger partial charge in [-0.1, -0.05) is 32.4 Å². The van der Waals surface area contributed by atoms with Gasteiger partial charge in [0.15, 0.2) is 11.5 Å². The lowest BCUT2D eigenvalue weighted by atomic mass is 9.99. The highest BCUT2D eigenvalue weighted by Crippen LogP contribution is 2.30. The maximum atomic E-state index is 12.5. The third-order valence-corrected chi connectivity index (χ3v) is 4.40. The zero-order valence-electron chi connectivity index (χ0n) is 17.5. The number of aromatic nitrogens is 2. The highest BCUT2D eigenvalue weighted by molar-refractivity contribution is 6.30. The van der Waals surface area contributed by atoms with Gasteiger partial charge in [0, 0.05) is 17.3 Å². The lowest BCUT2D eigenvalue weighted by molar-refractivity contribution is 0.191. The summed E-state index contributed by atoms with van der Waals surface area (Å²) in [5.41, 5.74) is 0.785. The number of halogens is 1. The van der Waals surface area contributed by atoms with E-state index in [4.69, 9.17) is 25.8 Å². The summed E-state index contributed by atoms with van der Waals surface area (Å²) in [6.07, 6.45) is 1.67. The number of methoxy groups -OCH3 is 1. The minimum Gasteiger partial charge on any atom is -0.493 e. The smallest absolute Gasteiger partial charge is 0.352 e. The molecule has 30 heavy (non-hydrogen) atoms. The van der Waals surface area contributed by atoms with Crippen LogP contribution in [0.15, 0.2) is 59.5 Å². The Labute approximate surface area is 181 Å².